The van der Waals surface area contributed by atoms with Crippen LogP contribution in [-0.4, -0.2) is 31.1 Å². The molecule has 0 unspecified atom stereocenters. The summed E-state index contributed by atoms with van der Waals surface area (Å²) >= 11 is 0. The van der Waals surface area contributed by atoms with Gasteiger partial charge in [0.25, 0.3) is 0 Å². The fourth-order valence-electron chi connectivity index (χ4n) is 1.54. The van der Waals surface area contributed by atoms with Gasteiger partial charge in [-0.3, -0.25) is 0 Å². The highest BCUT2D eigenvalue weighted by atomic mass is 35.5. The highest BCUT2D eigenvalue weighted by molar-refractivity contribution is 5.85. The Balaban J connectivity index is 0. The molecule has 1 aliphatic rings. The van der Waals surface area contributed by atoms with Crippen molar-refractivity contribution in [1.29, 1.82) is 0 Å². The summed E-state index contributed by atoms with van der Waals surface area (Å²) in [6.07, 6.45) is 5.59. The van der Waals surface area contributed by atoms with Gasteiger partial charge in [0.1, 0.15) is 0 Å². The molecule has 0 saturated carbocycles. The molecule has 1 aliphatic heterocycles. The van der Waals surface area contributed by atoms with Crippen LogP contribution in [0.1, 0.15) is 25.7 Å². The van der Waals surface area contributed by atoms with Crippen LogP contribution in [0, 0.1) is 0 Å². The van der Waals surface area contributed by atoms with E-state index in [4.69, 9.17) is 5.73 Å². The summed E-state index contributed by atoms with van der Waals surface area (Å²) in [6, 6.07) is 0. The minimum absolute atomic E-state index is 0. The molecule has 0 aromatic heterocycles. The maximum absolute atomic E-state index is 5.47. The standard InChI is InChI=1S/C8H18N2.2ClH/c9-5-8-10-6-3-1-2-4-7-10;;/h1-9H2;2*1H. The molecular weight excluding hydrogens is 195 g/mol. The third kappa shape index (κ3) is 6.06. The number of rotatable bonds is 2. The second kappa shape index (κ2) is 9.59. The molecule has 0 aromatic rings. The van der Waals surface area contributed by atoms with Crippen molar-refractivity contribution < 1.29 is 0 Å². The predicted molar refractivity (Wildman–Crippen MR) is 58.5 cm³/mol. The largest absolute Gasteiger partial charge is 0.329 e. The zero-order chi connectivity index (χ0) is 7.23. The molecule has 4 heteroatoms. The van der Waals surface area contributed by atoms with Crippen molar-refractivity contribution in [3.8, 4) is 0 Å². The summed E-state index contributed by atoms with van der Waals surface area (Å²) in [6.45, 7) is 4.47. The lowest BCUT2D eigenvalue weighted by Gasteiger charge is -2.17. The van der Waals surface area contributed by atoms with Crippen molar-refractivity contribution in [3.05, 3.63) is 0 Å². The molecule has 0 spiro atoms. The second-order valence-electron chi connectivity index (χ2n) is 3.04. The van der Waals surface area contributed by atoms with Crippen LogP contribution in [0.3, 0.4) is 0 Å². The molecule has 0 radical (unpaired) electrons. The van der Waals surface area contributed by atoms with Gasteiger partial charge in [-0.1, -0.05) is 12.8 Å². The number of likely N-dealkylation sites (tertiary alicyclic amines) is 1. The molecule has 0 atom stereocenters. The van der Waals surface area contributed by atoms with E-state index in [0.717, 1.165) is 13.1 Å². The van der Waals surface area contributed by atoms with Crippen LogP contribution in [0.25, 0.3) is 0 Å². The lowest BCUT2D eigenvalue weighted by molar-refractivity contribution is 0.293. The van der Waals surface area contributed by atoms with Crippen molar-refractivity contribution in [2.45, 2.75) is 25.7 Å². The lowest BCUT2D eigenvalue weighted by Crippen LogP contribution is -2.30. The zero-order valence-electron chi connectivity index (χ0n) is 7.50. The summed E-state index contributed by atoms with van der Waals surface area (Å²) in [7, 11) is 0. The normalized spacial score (nSPS) is 18.8. The van der Waals surface area contributed by atoms with Crippen LogP contribution < -0.4 is 5.73 Å². The van der Waals surface area contributed by atoms with Crippen molar-refractivity contribution in [2.75, 3.05) is 26.2 Å². The molecule has 2 nitrogen and oxygen atoms in total. The minimum atomic E-state index is 0. The van der Waals surface area contributed by atoms with E-state index in [0.29, 0.717) is 0 Å². The first kappa shape index (κ1) is 15.0. The highest BCUT2D eigenvalue weighted by Gasteiger charge is 2.06. The maximum atomic E-state index is 5.47. The van der Waals surface area contributed by atoms with Crippen molar-refractivity contribution in [1.82, 2.24) is 4.90 Å². The summed E-state index contributed by atoms with van der Waals surface area (Å²) in [5.74, 6) is 0. The molecule has 0 amide bonds. The Labute approximate surface area is 87.7 Å². The van der Waals surface area contributed by atoms with Gasteiger partial charge >= 0.3 is 0 Å². The van der Waals surface area contributed by atoms with Gasteiger partial charge in [0.2, 0.25) is 0 Å². The van der Waals surface area contributed by atoms with E-state index in [1.807, 2.05) is 0 Å². The van der Waals surface area contributed by atoms with E-state index < -0.39 is 0 Å². The van der Waals surface area contributed by atoms with Gasteiger partial charge in [-0.15, -0.1) is 24.8 Å². The first-order valence-corrected chi connectivity index (χ1v) is 4.36. The zero-order valence-corrected chi connectivity index (χ0v) is 9.13. The Hall–Kier alpha value is 0.500. The molecule has 1 rings (SSSR count). The van der Waals surface area contributed by atoms with Gasteiger partial charge in [-0.05, 0) is 25.9 Å². The van der Waals surface area contributed by atoms with Crippen molar-refractivity contribution >= 4 is 24.8 Å². The number of halogens is 2. The van der Waals surface area contributed by atoms with Crippen LogP contribution in [0.2, 0.25) is 0 Å². The minimum Gasteiger partial charge on any atom is -0.329 e. The maximum Gasteiger partial charge on any atom is 0.0105 e. The molecule has 0 aromatic carbocycles. The fourth-order valence-corrected chi connectivity index (χ4v) is 1.54. The monoisotopic (exact) mass is 214 g/mol. The topological polar surface area (TPSA) is 29.3 Å². The fraction of sp³-hybridized carbons (Fsp3) is 1.00. The first-order valence-electron chi connectivity index (χ1n) is 4.36. The molecule has 0 bridgehead atoms. The molecule has 0 aliphatic carbocycles. The molecule has 12 heavy (non-hydrogen) atoms. The SMILES string of the molecule is Cl.Cl.NCCN1CCCCCC1. The lowest BCUT2D eigenvalue weighted by atomic mass is 10.2. The van der Waals surface area contributed by atoms with E-state index in [-0.39, 0.29) is 24.8 Å². The average Bonchev–Trinajstić information content (AvgIpc) is 2.17. The summed E-state index contributed by atoms with van der Waals surface area (Å²) in [5.41, 5.74) is 5.47. The molecule has 2 N–H and O–H groups in total. The Bertz CT molecular complexity index is 83.1. The third-order valence-corrected chi connectivity index (χ3v) is 2.14. The van der Waals surface area contributed by atoms with Gasteiger partial charge in [-0.25, -0.2) is 0 Å². The summed E-state index contributed by atoms with van der Waals surface area (Å²) in [4.78, 5) is 2.48. The smallest absolute Gasteiger partial charge is 0.0105 e. The first-order chi connectivity index (χ1) is 4.93. The van der Waals surface area contributed by atoms with E-state index in [1.54, 1.807) is 0 Å². The van der Waals surface area contributed by atoms with Crippen molar-refractivity contribution in [2.24, 2.45) is 5.73 Å². The van der Waals surface area contributed by atoms with Gasteiger partial charge < -0.3 is 10.6 Å². The van der Waals surface area contributed by atoms with Crippen LogP contribution in [0.5, 0.6) is 0 Å². The van der Waals surface area contributed by atoms with Gasteiger partial charge in [0, 0.05) is 13.1 Å². The molecule has 1 saturated heterocycles. The summed E-state index contributed by atoms with van der Waals surface area (Å²) < 4.78 is 0. The number of hydrogen-bond acceptors (Lipinski definition) is 2. The Morgan fingerprint density at radius 1 is 0.917 bits per heavy atom. The van der Waals surface area contributed by atoms with Crippen LogP contribution in [0.4, 0.5) is 0 Å². The Kier molecular flexibility index (Phi) is 12.0. The van der Waals surface area contributed by atoms with E-state index in [2.05, 4.69) is 4.90 Å². The number of nitrogens with two attached hydrogens (primary N) is 1. The highest BCUT2D eigenvalue weighted by Crippen LogP contribution is 2.08. The molecular formula is C8H20Cl2N2. The van der Waals surface area contributed by atoms with Crippen LogP contribution in [-0.2, 0) is 0 Å². The average molecular weight is 215 g/mol. The second-order valence-corrected chi connectivity index (χ2v) is 3.04. The summed E-state index contributed by atoms with van der Waals surface area (Å²) in [5, 5.41) is 0. The number of hydrogen-bond donors (Lipinski definition) is 1. The molecule has 76 valence electrons. The van der Waals surface area contributed by atoms with E-state index >= 15 is 0 Å². The number of nitrogens with zero attached hydrogens (tertiary/aromatic N) is 1. The predicted octanol–water partition coefficient (Wildman–Crippen LogP) is 1.66. The van der Waals surface area contributed by atoms with E-state index in [1.165, 1.54) is 38.8 Å². The Morgan fingerprint density at radius 2 is 1.42 bits per heavy atom. The Morgan fingerprint density at radius 3 is 1.83 bits per heavy atom. The third-order valence-electron chi connectivity index (χ3n) is 2.14. The van der Waals surface area contributed by atoms with Gasteiger partial charge in [0.15, 0.2) is 0 Å². The van der Waals surface area contributed by atoms with E-state index in [9.17, 15) is 0 Å². The van der Waals surface area contributed by atoms with Crippen LogP contribution in [0.15, 0.2) is 0 Å². The van der Waals surface area contributed by atoms with Crippen LogP contribution >= 0.6 is 24.8 Å². The molecule has 1 fully saturated rings. The molecule has 1 heterocycles. The van der Waals surface area contributed by atoms with Crippen molar-refractivity contribution in [3.63, 3.8) is 0 Å². The van der Waals surface area contributed by atoms with Gasteiger partial charge in [-0.2, -0.15) is 0 Å². The van der Waals surface area contributed by atoms with Gasteiger partial charge in [0.05, 0.1) is 0 Å². The quantitative estimate of drug-likeness (QED) is 0.759.